The molecule has 0 aliphatic rings. The second-order valence-corrected chi connectivity index (χ2v) is 4.89. The van der Waals surface area contributed by atoms with Gasteiger partial charge in [0.05, 0.1) is 16.3 Å². The Labute approximate surface area is 122 Å². The van der Waals surface area contributed by atoms with E-state index in [4.69, 9.17) is 16.7 Å². The van der Waals surface area contributed by atoms with Gasteiger partial charge >= 0.3 is 5.97 Å². The van der Waals surface area contributed by atoms with Crippen LogP contribution in [0.3, 0.4) is 0 Å². The van der Waals surface area contributed by atoms with Crippen LogP contribution in [0, 0.1) is 0 Å². The molecular weight excluding hydrogens is 278 g/mol. The third-order valence-corrected chi connectivity index (χ3v) is 3.34. The number of carboxylic acids is 1. The van der Waals surface area contributed by atoms with Crippen molar-refractivity contribution >= 4 is 23.3 Å². The zero-order chi connectivity index (χ0) is 14.7. The summed E-state index contributed by atoms with van der Waals surface area (Å²) < 4.78 is 1.78. The largest absolute Gasteiger partial charge is 0.478 e. The van der Waals surface area contributed by atoms with Gasteiger partial charge in [0.15, 0.2) is 0 Å². The van der Waals surface area contributed by atoms with E-state index in [2.05, 4.69) is 17.3 Å². The molecular formula is C14H16ClN3O2. The molecule has 106 valence electrons. The Hall–Kier alpha value is -2.01. The maximum Gasteiger partial charge on any atom is 0.337 e. The first-order valence-corrected chi connectivity index (χ1v) is 6.67. The summed E-state index contributed by atoms with van der Waals surface area (Å²) in [6, 6.07) is 4.88. The number of carboxylic acid groups (broad SMARTS) is 1. The molecule has 1 aromatic heterocycles. The fourth-order valence-corrected chi connectivity index (χ4v) is 2.22. The van der Waals surface area contributed by atoms with E-state index in [0.29, 0.717) is 6.54 Å². The van der Waals surface area contributed by atoms with Gasteiger partial charge in [-0.05, 0) is 24.6 Å². The number of rotatable bonds is 5. The highest BCUT2D eigenvalue weighted by atomic mass is 35.5. The summed E-state index contributed by atoms with van der Waals surface area (Å²) >= 11 is 5.84. The molecule has 5 nitrogen and oxygen atoms in total. The predicted octanol–water partition coefficient (Wildman–Crippen LogP) is 2.95. The number of carbonyl (C=O) groups is 1. The smallest absolute Gasteiger partial charge is 0.337 e. The van der Waals surface area contributed by atoms with Gasteiger partial charge in [-0.3, -0.25) is 4.68 Å². The van der Waals surface area contributed by atoms with Gasteiger partial charge in [0, 0.05) is 31.0 Å². The molecule has 0 radical (unpaired) electrons. The SMILES string of the molecule is CCc1nn(C)cc1CNc1ccc(Cl)c(C(=O)O)c1. The summed E-state index contributed by atoms with van der Waals surface area (Å²) in [4.78, 5) is 11.0. The molecule has 2 aromatic rings. The molecule has 0 amide bonds. The molecule has 20 heavy (non-hydrogen) atoms. The maximum atomic E-state index is 11.0. The summed E-state index contributed by atoms with van der Waals surface area (Å²) in [6.45, 7) is 2.65. The number of benzene rings is 1. The van der Waals surface area contributed by atoms with E-state index in [-0.39, 0.29) is 10.6 Å². The number of hydrogen-bond donors (Lipinski definition) is 2. The highest BCUT2D eigenvalue weighted by Crippen LogP contribution is 2.21. The molecule has 0 atom stereocenters. The summed E-state index contributed by atoms with van der Waals surface area (Å²) in [6.07, 6.45) is 2.82. The quantitative estimate of drug-likeness (QED) is 0.889. The monoisotopic (exact) mass is 293 g/mol. The number of hydrogen-bond acceptors (Lipinski definition) is 3. The fraction of sp³-hybridized carbons (Fsp3) is 0.286. The Morgan fingerprint density at radius 2 is 2.25 bits per heavy atom. The number of aromatic nitrogens is 2. The van der Waals surface area contributed by atoms with Crippen molar-refractivity contribution in [1.82, 2.24) is 9.78 Å². The van der Waals surface area contributed by atoms with Crippen LogP contribution in [0.5, 0.6) is 0 Å². The number of anilines is 1. The van der Waals surface area contributed by atoms with E-state index in [1.807, 2.05) is 13.2 Å². The van der Waals surface area contributed by atoms with Crippen LogP contribution in [0.2, 0.25) is 5.02 Å². The molecule has 0 fully saturated rings. The first-order chi connectivity index (χ1) is 9.51. The van der Waals surface area contributed by atoms with E-state index in [1.54, 1.807) is 16.8 Å². The lowest BCUT2D eigenvalue weighted by Gasteiger charge is -2.08. The zero-order valence-corrected chi connectivity index (χ0v) is 12.1. The highest BCUT2D eigenvalue weighted by molar-refractivity contribution is 6.33. The van der Waals surface area contributed by atoms with Crippen molar-refractivity contribution in [1.29, 1.82) is 0 Å². The standard InChI is InChI=1S/C14H16ClN3O2/c1-3-13-9(8-18(2)17-13)7-16-10-4-5-12(15)11(6-10)14(19)20/h4-6,8,16H,3,7H2,1-2H3,(H,19,20). The Morgan fingerprint density at radius 3 is 2.90 bits per heavy atom. The van der Waals surface area contributed by atoms with Crippen molar-refractivity contribution in [3.05, 3.63) is 46.2 Å². The van der Waals surface area contributed by atoms with E-state index >= 15 is 0 Å². The Bertz CT molecular complexity index is 637. The second kappa shape index (κ2) is 5.96. The third kappa shape index (κ3) is 3.11. The molecule has 0 saturated carbocycles. The predicted molar refractivity (Wildman–Crippen MR) is 78.3 cm³/mol. The Morgan fingerprint density at radius 1 is 1.50 bits per heavy atom. The molecule has 1 aromatic carbocycles. The number of nitrogens with zero attached hydrogens (tertiary/aromatic N) is 2. The van der Waals surface area contributed by atoms with Crippen LogP contribution >= 0.6 is 11.6 Å². The van der Waals surface area contributed by atoms with Gasteiger partial charge in [0.1, 0.15) is 0 Å². The molecule has 0 spiro atoms. The third-order valence-electron chi connectivity index (χ3n) is 3.01. The lowest BCUT2D eigenvalue weighted by molar-refractivity contribution is 0.0697. The average Bonchev–Trinajstić information content (AvgIpc) is 2.77. The average molecular weight is 294 g/mol. The van der Waals surface area contributed by atoms with E-state index in [9.17, 15) is 4.79 Å². The maximum absolute atomic E-state index is 11.0. The van der Waals surface area contributed by atoms with Gasteiger partial charge in [-0.15, -0.1) is 0 Å². The molecule has 0 aliphatic carbocycles. The van der Waals surface area contributed by atoms with Crippen molar-refractivity contribution < 1.29 is 9.90 Å². The van der Waals surface area contributed by atoms with Gasteiger partial charge in [0.2, 0.25) is 0 Å². The van der Waals surface area contributed by atoms with Gasteiger partial charge in [-0.1, -0.05) is 18.5 Å². The van der Waals surface area contributed by atoms with Crippen LogP contribution in [-0.4, -0.2) is 20.9 Å². The van der Waals surface area contributed by atoms with Gasteiger partial charge < -0.3 is 10.4 Å². The van der Waals surface area contributed by atoms with Crippen molar-refractivity contribution in [3.8, 4) is 0 Å². The summed E-state index contributed by atoms with van der Waals surface area (Å²) in [5.74, 6) is -1.03. The molecule has 1 heterocycles. The van der Waals surface area contributed by atoms with Crippen LogP contribution in [-0.2, 0) is 20.0 Å². The number of nitrogens with one attached hydrogen (secondary N) is 1. The highest BCUT2D eigenvalue weighted by Gasteiger charge is 2.10. The minimum absolute atomic E-state index is 0.0959. The first kappa shape index (κ1) is 14.4. The number of aromatic carboxylic acids is 1. The Kier molecular flexibility index (Phi) is 4.29. The Balaban J connectivity index is 2.14. The van der Waals surface area contributed by atoms with Crippen LogP contribution in [0.1, 0.15) is 28.5 Å². The number of aryl methyl sites for hydroxylation is 2. The summed E-state index contributed by atoms with van der Waals surface area (Å²) in [7, 11) is 1.88. The van der Waals surface area contributed by atoms with Crippen LogP contribution in [0.25, 0.3) is 0 Å². The lowest BCUT2D eigenvalue weighted by atomic mass is 10.1. The van der Waals surface area contributed by atoms with E-state index in [1.165, 1.54) is 6.07 Å². The molecule has 0 aliphatic heterocycles. The van der Waals surface area contributed by atoms with Crippen LogP contribution in [0.4, 0.5) is 5.69 Å². The number of halogens is 1. The topological polar surface area (TPSA) is 67.2 Å². The molecule has 0 bridgehead atoms. The van der Waals surface area contributed by atoms with Crippen LogP contribution in [0.15, 0.2) is 24.4 Å². The van der Waals surface area contributed by atoms with E-state index < -0.39 is 5.97 Å². The fourth-order valence-electron chi connectivity index (χ4n) is 2.03. The molecule has 6 heteroatoms. The van der Waals surface area contributed by atoms with Crippen LogP contribution < -0.4 is 5.32 Å². The van der Waals surface area contributed by atoms with Gasteiger partial charge in [0.25, 0.3) is 0 Å². The summed E-state index contributed by atoms with van der Waals surface area (Å²) in [5.41, 5.74) is 2.95. The zero-order valence-electron chi connectivity index (χ0n) is 11.4. The first-order valence-electron chi connectivity index (χ1n) is 6.29. The van der Waals surface area contributed by atoms with Crippen molar-refractivity contribution in [2.45, 2.75) is 19.9 Å². The van der Waals surface area contributed by atoms with Crippen molar-refractivity contribution in [2.75, 3.05) is 5.32 Å². The minimum atomic E-state index is -1.03. The normalized spacial score (nSPS) is 10.6. The summed E-state index contributed by atoms with van der Waals surface area (Å²) in [5, 5.41) is 16.8. The lowest BCUT2D eigenvalue weighted by Crippen LogP contribution is -2.03. The van der Waals surface area contributed by atoms with Crippen molar-refractivity contribution in [2.24, 2.45) is 7.05 Å². The van der Waals surface area contributed by atoms with Gasteiger partial charge in [-0.25, -0.2) is 4.79 Å². The molecule has 2 N–H and O–H groups in total. The minimum Gasteiger partial charge on any atom is -0.478 e. The van der Waals surface area contributed by atoms with Gasteiger partial charge in [-0.2, -0.15) is 5.10 Å². The molecule has 2 rings (SSSR count). The second-order valence-electron chi connectivity index (χ2n) is 4.48. The van der Waals surface area contributed by atoms with Crippen molar-refractivity contribution in [3.63, 3.8) is 0 Å². The van der Waals surface area contributed by atoms with E-state index in [0.717, 1.165) is 23.4 Å². The molecule has 0 unspecified atom stereocenters. The molecule has 0 saturated heterocycles.